The van der Waals surface area contributed by atoms with Crippen LogP contribution in [-0.2, 0) is 20.8 Å². The number of hydrogen-bond donors (Lipinski definition) is 3. The van der Waals surface area contributed by atoms with Crippen LogP contribution in [0.5, 0.6) is 0 Å². The molecule has 0 heterocycles. The maximum Gasteiger partial charge on any atom is 0.326 e. The van der Waals surface area contributed by atoms with E-state index in [2.05, 4.69) is 10.6 Å². The van der Waals surface area contributed by atoms with Crippen molar-refractivity contribution in [2.75, 3.05) is 0 Å². The number of carbonyl (C=O) groups excluding carboxylic acids is 2. The van der Waals surface area contributed by atoms with E-state index in [-0.39, 0.29) is 18.2 Å². The lowest BCUT2D eigenvalue weighted by Crippen LogP contribution is -2.52. The summed E-state index contributed by atoms with van der Waals surface area (Å²) in [6.45, 7) is 9.16. The molecule has 1 aromatic rings. The third-order valence-electron chi connectivity index (χ3n) is 4.03. The van der Waals surface area contributed by atoms with E-state index >= 15 is 0 Å². The summed E-state index contributed by atoms with van der Waals surface area (Å²) in [5.41, 5.74) is 3.04. The van der Waals surface area contributed by atoms with Crippen molar-refractivity contribution in [2.24, 2.45) is 5.92 Å². The number of carboxylic acid groups (broad SMARTS) is 1. The normalized spacial score (nSPS) is 13.2. The van der Waals surface area contributed by atoms with Gasteiger partial charge in [0.15, 0.2) is 0 Å². The van der Waals surface area contributed by atoms with Crippen molar-refractivity contribution in [2.45, 2.75) is 59.5 Å². The van der Waals surface area contributed by atoms with Crippen LogP contribution in [0, 0.1) is 19.8 Å². The topological polar surface area (TPSA) is 95.5 Å². The van der Waals surface area contributed by atoms with Gasteiger partial charge in [-0.2, -0.15) is 0 Å². The molecule has 0 fully saturated rings. The molecule has 3 N–H and O–H groups in total. The van der Waals surface area contributed by atoms with E-state index in [9.17, 15) is 19.5 Å². The summed E-state index contributed by atoms with van der Waals surface area (Å²) in [7, 11) is 0. The minimum absolute atomic E-state index is 0.186. The van der Waals surface area contributed by atoms with Gasteiger partial charge in [0.05, 0.1) is 0 Å². The summed E-state index contributed by atoms with van der Waals surface area (Å²) in [4.78, 5) is 35.3. The van der Waals surface area contributed by atoms with Crippen molar-refractivity contribution >= 4 is 17.8 Å². The fourth-order valence-electron chi connectivity index (χ4n) is 2.59. The van der Waals surface area contributed by atoms with Gasteiger partial charge in [0, 0.05) is 13.3 Å². The maximum absolute atomic E-state index is 12.5. The molecule has 1 rings (SSSR count). The van der Waals surface area contributed by atoms with Crippen molar-refractivity contribution in [3.8, 4) is 0 Å². The second-order valence-corrected chi connectivity index (χ2v) is 6.90. The highest BCUT2D eigenvalue weighted by atomic mass is 16.4. The van der Waals surface area contributed by atoms with Gasteiger partial charge in [0.25, 0.3) is 0 Å². The van der Waals surface area contributed by atoms with Gasteiger partial charge in [0.2, 0.25) is 11.8 Å². The predicted octanol–water partition coefficient (Wildman–Crippen LogP) is 1.97. The Morgan fingerprint density at radius 1 is 1.04 bits per heavy atom. The van der Waals surface area contributed by atoms with Gasteiger partial charge in [-0.1, -0.05) is 32.0 Å². The van der Waals surface area contributed by atoms with Gasteiger partial charge < -0.3 is 15.7 Å². The largest absolute Gasteiger partial charge is 0.480 e. The number of aryl methyl sites for hydroxylation is 2. The molecule has 0 saturated carbocycles. The maximum atomic E-state index is 12.5. The number of aliphatic carboxylic acids is 1. The molecule has 25 heavy (non-hydrogen) atoms. The number of rotatable bonds is 8. The number of benzene rings is 1. The fourth-order valence-corrected chi connectivity index (χ4v) is 2.59. The summed E-state index contributed by atoms with van der Waals surface area (Å²) in [5.74, 6) is -1.70. The minimum atomic E-state index is -1.10. The first-order valence-corrected chi connectivity index (χ1v) is 8.46. The van der Waals surface area contributed by atoms with Crippen LogP contribution >= 0.6 is 0 Å². The highest BCUT2D eigenvalue weighted by Gasteiger charge is 2.26. The number of carboxylic acids is 1. The SMILES string of the molecule is CC(=O)N[C@@H](CC(C)C)C(=O)N[C@H](Cc1ccc(C)c(C)c1)C(=O)O. The quantitative estimate of drug-likeness (QED) is 0.669. The highest BCUT2D eigenvalue weighted by molar-refractivity contribution is 5.90. The fraction of sp³-hybridized carbons (Fsp3) is 0.526. The van der Waals surface area contributed by atoms with Crippen molar-refractivity contribution in [1.29, 1.82) is 0 Å². The third-order valence-corrected chi connectivity index (χ3v) is 4.03. The Bertz CT molecular complexity index is 640. The van der Waals surface area contributed by atoms with Crippen LogP contribution in [0.1, 0.15) is 43.9 Å². The highest BCUT2D eigenvalue weighted by Crippen LogP contribution is 2.12. The standard InChI is InChI=1S/C19H28N2O4/c1-11(2)8-16(20-14(5)22)18(23)21-17(19(24)25)10-15-7-6-12(3)13(4)9-15/h6-7,9,11,16-17H,8,10H2,1-5H3,(H,20,22)(H,21,23)(H,24,25)/t16-,17+/m0/s1. The molecule has 0 unspecified atom stereocenters. The van der Waals surface area contributed by atoms with Gasteiger partial charge in [-0.05, 0) is 42.9 Å². The van der Waals surface area contributed by atoms with E-state index in [1.807, 2.05) is 45.9 Å². The lowest BCUT2D eigenvalue weighted by atomic mass is 9.99. The Hall–Kier alpha value is -2.37. The molecule has 2 amide bonds. The Balaban J connectivity index is 2.87. The van der Waals surface area contributed by atoms with Crippen molar-refractivity contribution in [1.82, 2.24) is 10.6 Å². The second kappa shape index (κ2) is 9.20. The molecular weight excluding hydrogens is 320 g/mol. The molecule has 1 aromatic carbocycles. The lowest BCUT2D eigenvalue weighted by Gasteiger charge is -2.22. The van der Waals surface area contributed by atoms with Gasteiger partial charge in [0.1, 0.15) is 12.1 Å². The average molecular weight is 348 g/mol. The average Bonchev–Trinajstić information content (AvgIpc) is 2.48. The zero-order chi connectivity index (χ0) is 19.1. The van der Waals surface area contributed by atoms with Crippen LogP contribution < -0.4 is 10.6 Å². The lowest BCUT2D eigenvalue weighted by molar-refractivity contribution is -0.142. The van der Waals surface area contributed by atoms with Crippen LogP contribution in [0.3, 0.4) is 0 Å². The Morgan fingerprint density at radius 2 is 1.68 bits per heavy atom. The monoisotopic (exact) mass is 348 g/mol. The Morgan fingerprint density at radius 3 is 2.16 bits per heavy atom. The predicted molar refractivity (Wildman–Crippen MR) is 96.2 cm³/mol. The molecule has 0 bridgehead atoms. The molecule has 6 nitrogen and oxygen atoms in total. The number of amides is 2. The summed E-state index contributed by atoms with van der Waals surface area (Å²) in [5, 5.41) is 14.6. The van der Waals surface area contributed by atoms with Gasteiger partial charge in [-0.25, -0.2) is 4.79 Å². The summed E-state index contributed by atoms with van der Waals surface area (Å²) >= 11 is 0. The Labute approximate surface area is 149 Å². The number of carbonyl (C=O) groups is 3. The van der Waals surface area contributed by atoms with E-state index in [0.29, 0.717) is 6.42 Å². The van der Waals surface area contributed by atoms with Crippen molar-refractivity contribution < 1.29 is 19.5 Å². The number of nitrogens with one attached hydrogen (secondary N) is 2. The van der Waals surface area contributed by atoms with Crippen molar-refractivity contribution in [3.63, 3.8) is 0 Å². The molecule has 0 aliphatic rings. The zero-order valence-corrected chi connectivity index (χ0v) is 15.6. The molecule has 0 aromatic heterocycles. The minimum Gasteiger partial charge on any atom is -0.480 e. The summed E-state index contributed by atoms with van der Waals surface area (Å²) in [6, 6.07) is 3.95. The van der Waals surface area contributed by atoms with Crippen LogP contribution in [-0.4, -0.2) is 35.0 Å². The third kappa shape index (κ3) is 6.95. The second-order valence-electron chi connectivity index (χ2n) is 6.90. The molecule has 0 aliphatic heterocycles. The van der Waals surface area contributed by atoms with E-state index in [4.69, 9.17) is 0 Å². The van der Waals surface area contributed by atoms with Crippen LogP contribution in [0.15, 0.2) is 18.2 Å². The van der Waals surface area contributed by atoms with E-state index in [1.54, 1.807) is 0 Å². The zero-order valence-electron chi connectivity index (χ0n) is 15.6. The number of hydrogen-bond acceptors (Lipinski definition) is 3. The first kappa shape index (κ1) is 20.7. The molecule has 0 spiro atoms. The molecule has 0 saturated heterocycles. The molecule has 2 atom stereocenters. The van der Waals surface area contributed by atoms with Gasteiger partial charge in [-0.3, -0.25) is 9.59 Å². The van der Waals surface area contributed by atoms with Gasteiger partial charge in [-0.15, -0.1) is 0 Å². The first-order chi connectivity index (χ1) is 11.6. The van der Waals surface area contributed by atoms with Crippen LogP contribution in [0.4, 0.5) is 0 Å². The smallest absolute Gasteiger partial charge is 0.326 e. The van der Waals surface area contributed by atoms with Crippen molar-refractivity contribution in [3.05, 3.63) is 34.9 Å². The molecule has 0 aliphatic carbocycles. The molecule has 0 radical (unpaired) electrons. The molecule has 6 heteroatoms. The Kier molecular flexibility index (Phi) is 7.61. The van der Waals surface area contributed by atoms with E-state index < -0.39 is 24.0 Å². The molecule has 138 valence electrons. The molecular formula is C19H28N2O4. The van der Waals surface area contributed by atoms with Crippen LogP contribution in [0.25, 0.3) is 0 Å². The van der Waals surface area contributed by atoms with E-state index in [0.717, 1.165) is 16.7 Å². The van der Waals surface area contributed by atoms with Crippen LogP contribution in [0.2, 0.25) is 0 Å². The summed E-state index contributed by atoms with van der Waals surface area (Å²) < 4.78 is 0. The van der Waals surface area contributed by atoms with E-state index in [1.165, 1.54) is 6.92 Å². The summed E-state index contributed by atoms with van der Waals surface area (Å²) in [6.07, 6.45) is 0.637. The first-order valence-electron chi connectivity index (χ1n) is 8.46. The van der Waals surface area contributed by atoms with Gasteiger partial charge >= 0.3 is 5.97 Å².